The van der Waals surface area contributed by atoms with Crippen molar-refractivity contribution < 1.29 is 5.11 Å². The van der Waals surface area contributed by atoms with Crippen LogP contribution in [0.1, 0.15) is 43.2 Å². The summed E-state index contributed by atoms with van der Waals surface area (Å²) in [6.45, 7) is 3.87. The van der Waals surface area contributed by atoms with Crippen LogP contribution < -0.4 is 0 Å². The number of hydrogen-bond acceptors (Lipinski definition) is 2. The Hall–Kier alpha value is -0.860. The van der Waals surface area contributed by atoms with Crippen molar-refractivity contribution in [3.63, 3.8) is 0 Å². The van der Waals surface area contributed by atoms with Crippen LogP contribution in [0.4, 0.5) is 0 Å². The van der Waals surface area contributed by atoms with Crippen LogP contribution in [0.15, 0.2) is 24.3 Å². The Labute approximate surface area is 121 Å². The first-order valence-electron chi connectivity index (χ1n) is 8.28. The van der Waals surface area contributed by atoms with Crippen molar-refractivity contribution in [3.8, 4) is 0 Å². The number of aliphatic hydroxyl groups is 1. The summed E-state index contributed by atoms with van der Waals surface area (Å²) >= 11 is 0. The van der Waals surface area contributed by atoms with Gasteiger partial charge in [0.25, 0.3) is 0 Å². The second-order valence-corrected chi connectivity index (χ2v) is 6.96. The van der Waals surface area contributed by atoms with Crippen LogP contribution in [-0.4, -0.2) is 35.2 Å². The molecule has 0 amide bonds. The quantitative estimate of drug-likeness (QED) is 0.914. The van der Waals surface area contributed by atoms with Crippen molar-refractivity contribution in [2.75, 3.05) is 13.2 Å². The van der Waals surface area contributed by atoms with E-state index in [0.29, 0.717) is 18.6 Å². The van der Waals surface area contributed by atoms with Crippen LogP contribution in [0.2, 0.25) is 0 Å². The van der Waals surface area contributed by atoms with Crippen LogP contribution >= 0.6 is 0 Å². The van der Waals surface area contributed by atoms with E-state index in [-0.39, 0.29) is 0 Å². The van der Waals surface area contributed by atoms with Gasteiger partial charge in [-0.05, 0) is 61.1 Å². The summed E-state index contributed by atoms with van der Waals surface area (Å²) in [5.41, 5.74) is 3.20. The topological polar surface area (TPSA) is 23.5 Å². The third-order valence-corrected chi connectivity index (χ3v) is 6.08. The summed E-state index contributed by atoms with van der Waals surface area (Å²) in [5.74, 6) is 2.05. The van der Waals surface area contributed by atoms with Gasteiger partial charge in [-0.2, -0.15) is 0 Å². The highest BCUT2D eigenvalue weighted by molar-refractivity contribution is 5.37. The molecular weight excluding hydrogens is 246 g/mol. The van der Waals surface area contributed by atoms with E-state index in [1.165, 1.54) is 32.2 Å². The van der Waals surface area contributed by atoms with Gasteiger partial charge in [0.1, 0.15) is 0 Å². The molecule has 0 spiro atoms. The van der Waals surface area contributed by atoms with Crippen molar-refractivity contribution in [1.82, 2.24) is 4.90 Å². The van der Waals surface area contributed by atoms with Gasteiger partial charge in [0.05, 0.1) is 0 Å². The Morgan fingerprint density at radius 1 is 1.20 bits per heavy atom. The summed E-state index contributed by atoms with van der Waals surface area (Å²) in [4.78, 5) is 2.75. The fraction of sp³-hybridized carbons (Fsp3) is 0.667. The van der Waals surface area contributed by atoms with Gasteiger partial charge in [-0.3, -0.25) is 4.90 Å². The number of piperidine rings is 2. The van der Waals surface area contributed by atoms with Gasteiger partial charge in [0.2, 0.25) is 0 Å². The zero-order valence-corrected chi connectivity index (χ0v) is 12.3. The molecule has 4 bridgehead atoms. The van der Waals surface area contributed by atoms with Crippen LogP contribution in [0, 0.1) is 11.8 Å². The zero-order chi connectivity index (χ0) is 13.7. The molecule has 2 aliphatic carbocycles. The molecule has 108 valence electrons. The first-order chi connectivity index (χ1) is 9.83. The summed E-state index contributed by atoms with van der Waals surface area (Å²) < 4.78 is 0. The molecule has 0 aromatic heterocycles. The van der Waals surface area contributed by atoms with Gasteiger partial charge < -0.3 is 5.11 Å². The minimum absolute atomic E-state index is 0.377. The maximum Gasteiger partial charge on any atom is 0.0474 e. The molecule has 0 radical (unpaired) electrons. The van der Waals surface area contributed by atoms with Gasteiger partial charge >= 0.3 is 0 Å². The number of fused-ring (bicyclic) bond motifs is 2. The lowest BCUT2D eigenvalue weighted by molar-refractivity contribution is -0.0825. The first kappa shape index (κ1) is 12.8. The molecule has 2 saturated heterocycles. The molecule has 1 aromatic carbocycles. The molecule has 2 aliphatic heterocycles. The number of hydrogen-bond donors (Lipinski definition) is 1. The summed E-state index contributed by atoms with van der Waals surface area (Å²) in [7, 11) is 0. The summed E-state index contributed by atoms with van der Waals surface area (Å²) in [5, 5.41) is 9.73. The summed E-state index contributed by atoms with van der Waals surface area (Å²) in [6, 6.07) is 10.4. The molecule has 2 heteroatoms. The number of benzene rings is 1. The van der Waals surface area contributed by atoms with Crippen molar-refractivity contribution >= 4 is 0 Å². The van der Waals surface area contributed by atoms with Gasteiger partial charge in [-0.1, -0.05) is 31.2 Å². The highest BCUT2D eigenvalue weighted by Gasteiger charge is 2.53. The monoisotopic (exact) mass is 271 g/mol. The van der Waals surface area contributed by atoms with E-state index < -0.39 is 0 Å². The van der Waals surface area contributed by atoms with E-state index in [0.717, 1.165) is 17.9 Å². The van der Waals surface area contributed by atoms with Gasteiger partial charge in [-0.25, -0.2) is 0 Å². The smallest absolute Gasteiger partial charge is 0.0474 e. The maximum absolute atomic E-state index is 9.73. The van der Waals surface area contributed by atoms with Crippen molar-refractivity contribution in [3.05, 3.63) is 35.4 Å². The molecule has 4 aliphatic rings. The van der Waals surface area contributed by atoms with E-state index in [1.54, 1.807) is 11.1 Å². The lowest BCUT2D eigenvalue weighted by Gasteiger charge is -2.60. The minimum atomic E-state index is 0.377. The molecule has 5 unspecified atom stereocenters. The normalized spacial score (nSPS) is 38.8. The highest BCUT2D eigenvalue weighted by Crippen LogP contribution is 2.54. The first-order valence-corrected chi connectivity index (χ1v) is 8.28. The van der Waals surface area contributed by atoms with Crippen LogP contribution in [-0.2, 0) is 6.42 Å². The predicted molar refractivity (Wildman–Crippen MR) is 80.8 cm³/mol. The molecule has 3 fully saturated rings. The Morgan fingerprint density at radius 3 is 2.85 bits per heavy atom. The Kier molecular flexibility index (Phi) is 3.12. The molecule has 1 saturated carbocycles. The average Bonchev–Trinajstić information content (AvgIpc) is 2.50. The van der Waals surface area contributed by atoms with Gasteiger partial charge in [0.15, 0.2) is 0 Å². The van der Waals surface area contributed by atoms with Gasteiger partial charge in [0, 0.05) is 18.7 Å². The largest absolute Gasteiger partial charge is 0.396 e. The van der Waals surface area contributed by atoms with Crippen LogP contribution in [0.3, 0.4) is 0 Å². The van der Waals surface area contributed by atoms with E-state index >= 15 is 0 Å². The molecule has 5 rings (SSSR count). The number of aliphatic hydroxyl groups excluding tert-OH is 1. The van der Waals surface area contributed by atoms with Crippen molar-refractivity contribution in [2.24, 2.45) is 11.8 Å². The third kappa shape index (κ3) is 1.71. The van der Waals surface area contributed by atoms with Crippen LogP contribution in [0.25, 0.3) is 0 Å². The number of rotatable bonds is 3. The van der Waals surface area contributed by atoms with E-state index in [2.05, 4.69) is 36.1 Å². The fourth-order valence-corrected chi connectivity index (χ4v) is 5.34. The van der Waals surface area contributed by atoms with E-state index in [9.17, 15) is 5.11 Å². The van der Waals surface area contributed by atoms with E-state index in [1.807, 2.05) is 0 Å². The maximum atomic E-state index is 9.73. The SMILES string of the molecule is CCCN1C2CC3c4ccccc4CC1C3CC2CO. The highest BCUT2D eigenvalue weighted by atomic mass is 16.3. The molecule has 20 heavy (non-hydrogen) atoms. The second-order valence-electron chi connectivity index (χ2n) is 6.96. The van der Waals surface area contributed by atoms with Crippen molar-refractivity contribution in [2.45, 2.75) is 50.6 Å². The fourth-order valence-electron chi connectivity index (χ4n) is 5.34. The van der Waals surface area contributed by atoms with Crippen molar-refractivity contribution in [1.29, 1.82) is 0 Å². The average molecular weight is 271 g/mol. The molecule has 2 nitrogen and oxygen atoms in total. The Balaban J connectivity index is 1.74. The standard InChI is InChI=1S/C18H25NO/c1-2-7-19-17-10-15-14-6-4-3-5-12(14)9-18(19)16(15)8-13(17)11-20/h3-6,13,15-18,20H,2,7-11H2,1H3. The predicted octanol–water partition coefficient (Wildman–Crippen LogP) is 2.81. The molecule has 2 heterocycles. The lowest BCUT2D eigenvalue weighted by Crippen LogP contribution is -2.64. The third-order valence-electron chi connectivity index (χ3n) is 6.08. The molecule has 1 N–H and O–H groups in total. The Bertz CT molecular complexity index is 500. The Morgan fingerprint density at radius 2 is 2.05 bits per heavy atom. The summed E-state index contributed by atoms with van der Waals surface area (Å²) in [6.07, 6.45) is 4.96. The zero-order valence-electron chi connectivity index (χ0n) is 12.3. The number of nitrogens with zero attached hydrogens (tertiary/aromatic N) is 1. The van der Waals surface area contributed by atoms with E-state index in [4.69, 9.17) is 0 Å². The molecule has 1 aromatic rings. The molecular formula is C18H25NO. The molecule has 5 atom stereocenters. The minimum Gasteiger partial charge on any atom is -0.396 e. The second kappa shape index (κ2) is 4.85. The van der Waals surface area contributed by atoms with Gasteiger partial charge in [-0.15, -0.1) is 0 Å². The lowest BCUT2D eigenvalue weighted by atomic mass is 9.57. The van der Waals surface area contributed by atoms with Crippen LogP contribution in [0.5, 0.6) is 0 Å².